The molecule has 2 aromatic carbocycles. The van der Waals surface area contributed by atoms with E-state index in [0.29, 0.717) is 41.2 Å². The SMILES string of the molecule is COc1cc(/C=C/C(=O)OCc2nc(-c3ccccc3OC)no2)ccc1OCC(C)C. The lowest BCUT2D eigenvalue weighted by Crippen LogP contribution is -2.05. The predicted molar refractivity (Wildman–Crippen MR) is 118 cm³/mol. The van der Waals surface area contributed by atoms with Crippen LogP contribution in [0.2, 0.25) is 0 Å². The third kappa shape index (κ3) is 6.10. The number of hydrogen-bond donors (Lipinski definition) is 0. The van der Waals surface area contributed by atoms with E-state index < -0.39 is 5.97 Å². The van der Waals surface area contributed by atoms with E-state index in [0.717, 1.165) is 5.56 Å². The quantitative estimate of drug-likeness (QED) is 0.336. The molecule has 0 N–H and O–H groups in total. The molecule has 0 bridgehead atoms. The molecule has 0 amide bonds. The minimum absolute atomic E-state index is 0.142. The number of nitrogens with zero attached hydrogens (tertiary/aromatic N) is 2. The molecule has 0 aliphatic carbocycles. The van der Waals surface area contributed by atoms with E-state index in [2.05, 4.69) is 24.0 Å². The van der Waals surface area contributed by atoms with E-state index >= 15 is 0 Å². The lowest BCUT2D eigenvalue weighted by molar-refractivity contribution is -0.139. The third-order valence-corrected chi connectivity index (χ3v) is 4.33. The topological polar surface area (TPSA) is 92.9 Å². The predicted octanol–water partition coefficient (Wildman–Crippen LogP) is 4.55. The average molecular weight is 438 g/mol. The van der Waals surface area contributed by atoms with Crippen LogP contribution in [0.15, 0.2) is 53.1 Å². The molecule has 32 heavy (non-hydrogen) atoms. The Morgan fingerprint density at radius 1 is 1.06 bits per heavy atom. The van der Waals surface area contributed by atoms with Crippen molar-refractivity contribution in [3.8, 4) is 28.6 Å². The molecule has 1 heterocycles. The number of rotatable bonds is 10. The molecule has 0 saturated heterocycles. The maximum absolute atomic E-state index is 12.1. The van der Waals surface area contributed by atoms with Gasteiger partial charge in [0.1, 0.15) is 5.75 Å². The van der Waals surface area contributed by atoms with Crippen LogP contribution in [0.4, 0.5) is 0 Å². The molecule has 0 spiro atoms. The van der Waals surface area contributed by atoms with Crippen molar-refractivity contribution in [1.29, 1.82) is 0 Å². The number of hydrogen-bond acceptors (Lipinski definition) is 8. The molecule has 3 rings (SSSR count). The van der Waals surface area contributed by atoms with E-state index in [4.69, 9.17) is 23.5 Å². The Morgan fingerprint density at radius 2 is 1.84 bits per heavy atom. The minimum atomic E-state index is -0.541. The Kier molecular flexibility index (Phi) is 7.85. The summed E-state index contributed by atoms with van der Waals surface area (Å²) in [6.07, 6.45) is 2.95. The van der Waals surface area contributed by atoms with Crippen LogP contribution in [0.3, 0.4) is 0 Å². The number of para-hydroxylation sites is 1. The number of ether oxygens (including phenoxy) is 4. The van der Waals surface area contributed by atoms with Gasteiger partial charge >= 0.3 is 5.97 Å². The summed E-state index contributed by atoms with van der Waals surface area (Å²) >= 11 is 0. The van der Waals surface area contributed by atoms with Gasteiger partial charge in [-0.05, 0) is 41.8 Å². The Hall–Kier alpha value is -3.81. The smallest absolute Gasteiger partial charge is 0.331 e. The molecular formula is C24H26N2O6. The van der Waals surface area contributed by atoms with Gasteiger partial charge in [0.15, 0.2) is 18.1 Å². The molecule has 168 valence electrons. The summed E-state index contributed by atoms with van der Waals surface area (Å²) in [6.45, 7) is 4.59. The fraction of sp³-hybridized carbons (Fsp3) is 0.292. The van der Waals surface area contributed by atoms with Gasteiger partial charge in [-0.15, -0.1) is 0 Å². The van der Waals surface area contributed by atoms with Gasteiger partial charge in [-0.1, -0.05) is 37.2 Å². The molecule has 0 saturated carbocycles. The van der Waals surface area contributed by atoms with Crippen LogP contribution < -0.4 is 14.2 Å². The second kappa shape index (κ2) is 11.0. The molecule has 1 aromatic heterocycles. The molecule has 0 atom stereocenters. The van der Waals surface area contributed by atoms with E-state index in [-0.39, 0.29) is 12.5 Å². The first-order chi connectivity index (χ1) is 15.5. The summed E-state index contributed by atoms with van der Waals surface area (Å²) in [5, 5.41) is 3.92. The zero-order valence-electron chi connectivity index (χ0n) is 18.5. The van der Waals surface area contributed by atoms with Crippen LogP contribution in [0.5, 0.6) is 17.2 Å². The van der Waals surface area contributed by atoms with Crippen LogP contribution in [0.25, 0.3) is 17.5 Å². The monoisotopic (exact) mass is 438 g/mol. The summed E-state index contributed by atoms with van der Waals surface area (Å²) < 4.78 is 26.8. The largest absolute Gasteiger partial charge is 0.496 e. The highest BCUT2D eigenvalue weighted by molar-refractivity contribution is 5.87. The maximum atomic E-state index is 12.1. The number of methoxy groups -OCH3 is 2. The minimum Gasteiger partial charge on any atom is -0.496 e. The molecule has 0 fully saturated rings. The van der Waals surface area contributed by atoms with Crippen LogP contribution in [0, 0.1) is 5.92 Å². The lowest BCUT2D eigenvalue weighted by Gasteiger charge is -2.12. The van der Waals surface area contributed by atoms with Crippen molar-refractivity contribution >= 4 is 12.0 Å². The van der Waals surface area contributed by atoms with Crippen molar-refractivity contribution in [2.75, 3.05) is 20.8 Å². The Labute approximate surface area is 186 Å². The number of carbonyl (C=O) groups is 1. The highest BCUT2D eigenvalue weighted by Gasteiger charge is 2.14. The molecule has 0 unspecified atom stereocenters. The summed E-state index contributed by atoms with van der Waals surface area (Å²) in [6, 6.07) is 12.7. The van der Waals surface area contributed by atoms with Gasteiger partial charge in [0.05, 0.1) is 26.4 Å². The zero-order chi connectivity index (χ0) is 22.9. The third-order valence-electron chi connectivity index (χ3n) is 4.33. The van der Waals surface area contributed by atoms with E-state index in [1.54, 1.807) is 32.4 Å². The molecule has 3 aromatic rings. The van der Waals surface area contributed by atoms with Crippen molar-refractivity contribution in [1.82, 2.24) is 10.1 Å². The molecule has 0 aliphatic heterocycles. The highest BCUT2D eigenvalue weighted by Crippen LogP contribution is 2.29. The fourth-order valence-corrected chi connectivity index (χ4v) is 2.76. The second-order valence-corrected chi connectivity index (χ2v) is 7.27. The van der Waals surface area contributed by atoms with E-state index in [1.807, 2.05) is 30.3 Å². The highest BCUT2D eigenvalue weighted by atomic mass is 16.6. The van der Waals surface area contributed by atoms with Gasteiger partial charge in [-0.2, -0.15) is 4.98 Å². The number of carbonyl (C=O) groups excluding carboxylic acids is 1. The summed E-state index contributed by atoms with van der Waals surface area (Å²) in [5.41, 5.74) is 1.46. The Morgan fingerprint density at radius 3 is 2.59 bits per heavy atom. The maximum Gasteiger partial charge on any atom is 0.331 e. The standard InChI is InChI=1S/C24H26N2O6/c1-16(2)14-30-20-11-9-17(13-21(20)29-4)10-12-23(27)31-15-22-25-24(26-32-22)18-7-5-6-8-19(18)28-3/h5-13,16H,14-15H2,1-4H3/b12-10+. The molecule has 0 aliphatic rings. The summed E-state index contributed by atoms with van der Waals surface area (Å²) in [5.74, 6) is 2.27. The Balaban J connectivity index is 1.58. The van der Waals surface area contributed by atoms with Crippen molar-refractivity contribution in [2.45, 2.75) is 20.5 Å². The van der Waals surface area contributed by atoms with Crippen LogP contribution >= 0.6 is 0 Å². The molecule has 8 heteroatoms. The van der Waals surface area contributed by atoms with E-state index in [1.165, 1.54) is 6.08 Å². The lowest BCUT2D eigenvalue weighted by atomic mass is 10.2. The van der Waals surface area contributed by atoms with E-state index in [9.17, 15) is 4.79 Å². The van der Waals surface area contributed by atoms with Gasteiger partial charge in [-0.25, -0.2) is 4.79 Å². The number of esters is 1. The fourth-order valence-electron chi connectivity index (χ4n) is 2.76. The van der Waals surface area contributed by atoms with Crippen LogP contribution in [0.1, 0.15) is 25.3 Å². The van der Waals surface area contributed by atoms with Crippen molar-refractivity contribution < 1.29 is 28.3 Å². The van der Waals surface area contributed by atoms with Crippen LogP contribution in [-0.2, 0) is 16.1 Å². The van der Waals surface area contributed by atoms with Crippen LogP contribution in [-0.4, -0.2) is 36.9 Å². The van der Waals surface area contributed by atoms with Gasteiger partial charge in [0, 0.05) is 6.08 Å². The van der Waals surface area contributed by atoms with Crippen molar-refractivity contribution in [3.05, 3.63) is 60.0 Å². The second-order valence-electron chi connectivity index (χ2n) is 7.27. The van der Waals surface area contributed by atoms with Gasteiger partial charge < -0.3 is 23.5 Å². The first-order valence-electron chi connectivity index (χ1n) is 10.1. The molecule has 0 radical (unpaired) electrons. The first kappa shape index (κ1) is 22.9. The average Bonchev–Trinajstić information content (AvgIpc) is 3.29. The summed E-state index contributed by atoms with van der Waals surface area (Å²) in [7, 11) is 3.14. The van der Waals surface area contributed by atoms with Gasteiger partial charge in [0.2, 0.25) is 5.82 Å². The first-order valence-corrected chi connectivity index (χ1v) is 10.1. The molecule has 8 nitrogen and oxygen atoms in total. The number of benzene rings is 2. The van der Waals surface area contributed by atoms with Gasteiger partial charge in [-0.3, -0.25) is 0 Å². The Bertz CT molecular complexity index is 1070. The van der Waals surface area contributed by atoms with Crippen molar-refractivity contribution in [3.63, 3.8) is 0 Å². The molecular weight excluding hydrogens is 412 g/mol. The normalized spacial score (nSPS) is 11.0. The summed E-state index contributed by atoms with van der Waals surface area (Å²) in [4.78, 5) is 16.3. The number of aromatic nitrogens is 2. The van der Waals surface area contributed by atoms with Gasteiger partial charge in [0.25, 0.3) is 5.89 Å². The zero-order valence-corrected chi connectivity index (χ0v) is 18.5. The van der Waals surface area contributed by atoms with Crippen molar-refractivity contribution in [2.24, 2.45) is 5.92 Å².